The maximum absolute atomic E-state index is 15.0. The van der Waals surface area contributed by atoms with E-state index in [9.17, 15) is 9.90 Å². The van der Waals surface area contributed by atoms with Crippen molar-refractivity contribution >= 4 is 17.3 Å². The second-order valence-electron chi connectivity index (χ2n) is 9.81. The zero-order valence-electron chi connectivity index (χ0n) is 18.2. The number of piperidine rings is 1. The quantitative estimate of drug-likeness (QED) is 0.640. The highest BCUT2D eigenvalue weighted by molar-refractivity contribution is 6.14. The van der Waals surface area contributed by atoms with Crippen LogP contribution in [0.4, 0.5) is 10.1 Å². The van der Waals surface area contributed by atoms with Crippen LogP contribution in [0.25, 0.3) is 0 Å². The predicted molar refractivity (Wildman–Crippen MR) is 114 cm³/mol. The number of carbonyl (C=O) groups excluding carboxylic acids is 1. The lowest BCUT2D eigenvalue weighted by Gasteiger charge is -2.54. The van der Waals surface area contributed by atoms with E-state index in [4.69, 9.17) is 10.1 Å². The molecule has 1 amide bonds. The van der Waals surface area contributed by atoms with Crippen LogP contribution in [0.2, 0.25) is 0 Å². The smallest absolute Gasteiger partial charge is 0.231 e. The van der Waals surface area contributed by atoms with Gasteiger partial charge in [-0.15, -0.1) is 0 Å². The summed E-state index contributed by atoms with van der Waals surface area (Å²) in [6.45, 7) is 3.90. The van der Waals surface area contributed by atoms with Crippen LogP contribution in [-0.2, 0) is 4.79 Å². The van der Waals surface area contributed by atoms with Crippen molar-refractivity contribution in [1.82, 2.24) is 4.90 Å². The molecule has 5 rings (SSSR count). The molecule has 3 N–H and O–H groups in total. The number of nitrogens with zero attached hydrogens (tertiary/aromatic N) is 1. The monoisotopic (exact) mass is 417 g/mol. The van der Waals surface area contributed by atoms with Crippen LogP contribution in [-0.4, -0.2) is 53.5 Å². The summed E-state index contributed by atoms with van der Waals surface area (Å²) in [5.41, 5.74) is -0.164. The Balaban J connectivity index is 1.64. The summed E-state index contributed by atoms with van der Waals surface area (Å²) < 4.78 is 20.1. The van der Waals surface area contributed by atoms with Crippen LogP contribution in [0.1, 0.15) is 57.9 Å². The Kier molecular flexibility index (Phi) is 5.08. The first-order valence-electron chi connectivity index (χ1n) is 10.8. The fourth-order valence-corrected chi connectivity index (χ4v) is 6.31. The van der Waals surface area contributed by atoms with Gasteiger partial charge in [-0.25, -0.2) is 4.39 Å². The van der Waals surface area contributed by atoms with Crippen LogP contribution in [0.3, 0.4) is 0 Å². The Hall–Kier alpha value is -2.15. The van der Waals surface area contributed by atoms with Crippen LogP contribution in [0.15, 0.2) is 12.1 Å². The Morgan fingerprint density at radius 2 is 2.07 bits per heavy atom. The van der Waals surface area contributed by atoms with Crippen LogP contribution in [0, 0.1) is 22.6 Å². The van der Waals surface area contributed by atoms with Gasteiger partial charge in [-0.2, -0.15) is 0 Å². The van der Waals surface area contributed by atoms with Crippen LogP contribution in [0.5, 0.6) is 5.75 Å². The number of hydrogen-bond donors (Lipinski definition) is 3. The van der Waals surface area contributed by atoms with Crippen molar-refractivity contribution in [2.24, 2.45) is 11.3 Å². The van der Waals surface area contributed by atoms with Crippen LogP contribution < -0.4 is 10.1 Å². The number of methoxy groups -OCH3 is 1. The maximum Gasteiger partial charge on any atom is 0.231 e. The average Bonchev–Trinajstić information content (AvgIpc) is 2.85. The van der Waals surface area contributed by atoms with Gasteiger partial charge in [0.2, 0.25) is 5.91 Å². The molecular weight excluding hydrogens is 385 g/mol. The number of fused-ring (bicyclic) bond motifs is 1. The number of aliphatic hydroxyl groups is 1. The third-order valence-electron chi connectivity index (χ3n) is 7.48. The van der Waals surface area contributed by atoms with Gasteiger partial charge in [0.1, 0.15) is 0 Å². The highest BCUT2D eigenvalue weighted by Gasteiger charge is 2.56. The number of amides is 1. The lowest BCUT2D eigenvalue weighted by Crippen LogP contribution is -2.59. The van der Waals surface area contributed by atoms with Gasteiger partial charge in [0.15, 0.2) is 11.6 Å². The van der Waals surface area contributed by atoms with Crippen molar-refractivity contribution in [2.75, 3.05) is 19.5 Å². The molecule has 0 spiro atoms. The minimum atomic E-state index is -0.793. The summed E-state index contributed by atoms with van der Waals surface area (Å²) in [5, 5.41) is 22.7. The number of nitrogens with one attached hydrogen (secondary N) is 2. The molecular formula is C23H32FN3O3. The van der Waals surface area contributed by atoms with Gasteiger partial charge < -0.3 is 25.5 Å². The number of carbonyl (C=O) groups is 1. The molecule has 5 atom stereocenters. The Morgan fingerprint density at radius 1 is 1.37 bits per heavy atom. The van der Waals surface area contributed by atoms with E-state index in [-0.39, 0.29) is 40.4 Å². The van der Waals surface area contributed by atoms with E-state index in [0.717, 1.165) is 25.7 Å². The summed E-state index contributed by atoms with van der Waals surface area (Å²) in [6, 6.07) is 3.23. The maximum atomic E-state index is 15.0. The summed E-state index contributed by atoms with van der Waals surface area (Å²) in [7, 11) is 3.05. The minimum Gasteiger partial charge on any atom is -0.494 e. The summed E-state index contributed by atoms with van der Waals surface area (Å²) in [6.07, 6.45) is 4.67. The van der Waals surface area contributed by atoms with Gasteiger partial charge in [-0.05, 0) is 63.0 Å². The molecule has 1 aromatic rings. The first kappa shape index (κ1) is 21.1. The van der Waals surface area contributed by atoms with Gasteiger partial charge in [-0.3, -0.25) is 4.79 Å². The molecule has 5 unspecified atom stereocenters. The zero-order chi connectivity index (χ0) is 21.8. The standard InChI is InChI=1S/C23H32FN3O3/c1-13(20(25)18-16(26-3)5-6-17(30-4)19(18)24)21(28)27-14-7-8-23(29)11-15(27)10-22(2,9-14)12-23/h5-6,13-15,25-26,29H,7-12H2,1-4H3. The normalized spacial score (nSPS) is 33.2. The van der Waals surface area contributed by atoms with Crippen molar-refractivity contribution in [1.29, 1.82) is 5.41 Å². The minimum absolute atomic E-state index is 0.0170. The van der Waals surface area contributed by atoms with Crippen LogP contribution >= 0.6 is 0 Å². The van der Waals surface area contributed by atoms with Gasteiger partial charge in [-0.1, -0.05) is 6.92 Å². The first-order valence-corrected chi connectivity index (χ1v) is 10.8. The third kappa shape index (κ3) is 3.27. The fourth-order valence-electron chi connectivity index (χ4n) is 6.31. The van der Waals surface area contributed by atoms with E-state index >= 15 is 4.39 Å². The Morgan fingerprint density at radius 3 is 2.73 bits per heavy atom. The van der Waals surface area contributed by atoms with E-state index in [1.165, 1.54) is 13.2 Å². The molecule has 1 aromatic carbocycles. The largest absolute Gasteiger partial charge is 0.494 e. The van der Waals surface area contributed by atoms with Gasteiger partial charge >= 0.3 is 0 Å². The predicted octanol–water partition coefficient (Wildman–Crippen LogP) is 3.56. The Bertz CT molecular complexity index is 885. The highest BCUT2D eigenvalue weighted by atomic mass is 19.1. The van der Waals surface area contributed by atoms with Crippen molar-refractivity contribution in [3.05, 3.63) is 23.5 Å². The lowest BCUT2D eigenvalue weighted by molar-refractivity contribution is -0.150. The molecule has 2 saturated carbocycles. The first-order chi connectivity index (χ1) is 14.1. The Labute approximate surface area is 177 Å². The van der Waals surface area contributed by atoms with Gasteiger partial charge in [0.25, 0.3) is 0 Å². The molecule has 4 bridgehead atoms. The second kappa shape index (κ2) is 7.22. The van der Waals surface area contributed by atoms with E-state index in [0.29, 0.717) is 18.5 Å². The molecule has 2 saturated heterocycles. The molecule has 7 heteroatoms. The zero-order valence-corrected chi connectivity index (χ0v) is 18.2. The number of hydrogen-bond acceptors (Lipinski definition) is 5. The van der Waals surface area contributed by atoms with E-state index < -0.39 is 17.3 Å². The molecule has 4 aliphatic rings. The number of rotatable bonds is 5. The van der Waals surface area contributed by atoms with Crippen molar-refractivity contribution < 1.29 is 19.0 Å². The summed E-state index contributed by atoms with van der Waals surface area (Å²) in [4.78, 5) is 15.5. The molecule has 6 nitrogen and oxygen atoms in total. The molecule has 2 heterocycles. The second-order valence-corrected chi connectivity index (χ2v) is 9.81. The van der Waals surface area contributed by atoms with E-state index in [2.05, 4.69) is 12.2 Å². The molecule has 0 aromatic heterocycles. The number of halogens is 1. The van der Waals surface area contributed by atoms with Crippen molar-refractivity contribution in [3.8, 4) is 5.75 Å². The molecule has 0 radical (unpaired) electrons. The molecule has 2 aliphatic heterocycles. The van der Waals surface area contributed by atoms with Crippen molar-refractivity contribution in [3.63, 3.8) is 0 Å². The van der Waals surface area contributed by atoms with E-state index in [1.54, 1.807) is 20.0 Å². The molecule has 164 valence electrons. The molecule has 30 heavy (non-hydrogen) atoms. The van der Waals surface area contributed by atoms with Crippen molar-refractivity contribution in [2.45, 2.75) is 70.1 Å². The number of ether oxygens (including phenoxy) is 1. The lowest BCUT2D eigenvalue weighted by atomic mass is 9.63. The third-order valence-corrected chi connectivity index (χ3v) is 7.48. The fraction of sp³-hybridized carbons (Fsp3) is 0.652. The number of anilines is 1. The number of benzene rings is 1. The van der Waals surface area contributed by atoms with Gasteiger partial charge in [0.05, 0.1) is 29.9 Å². The SMILES string of the molecule is CNc1ccc(OC)c(F)c1C(=N)C(C)C(=O)N1C2CCC3(O)CC1CC(C)(C2)C3. The summed E-state index contributed by atoms with van der Waals surface area (Å²) in [5.74, 6) is -1.52. The summed E-state index contributed by atoms with van der Waals surface area (Å²) >= 11 is 0. The van der Waals surface area contributed by atoms with Gasteiger partial charge in [0, 0.05) is 24.8 Å². The highest BCUT2D eigenvalue weighted by Crippen LogP contribution is 2.55. The topological polar surface area (TPSA) is 85.7 Å². The van der Waals surface area contributed by atoms with E-state index in [1.807, 2.05) is 4.90 Å². The average molecular weight is 418 g/mol. The molecule has 2 aliphatic carbocycles. The molecule has 4 fully saturated rings.